The molecule has 1 aliphatic rings. The van der Waals surface area contributed by atoms with Crippen LogP contribution >= 0.6 is 0 Å². The first kappa shape index (κ1) is 18.7. The Hall–Kier alpha value is -2.66. The molecule has 0 aliphatic carbocycles. The molecule has 144 valence electrons. The number of hydrogen-bond donors (Lipinski definition) is 0. The molecule has 0 fully saturated rings. The number of fused-ring (bicyclic) bond motifs is 1. The summed E-state index contributed by atoms with van der Waals surface area (Å²) in [5, 5.41) is 2.33. The molecule has 3 aromatic rings. The number of pyridine rings is 1. The monoisotopic (exact) mass is 382 g/mol. The van der Waals surface area contributed by atoms with Gasteiger partial charge in [-0.1, -0.05) is 30.3 Å². The second kappa shape index (κ2) is 7.76. The van der Waals surface area contributed by atoms with E-state index in [0.717, 1.165) is 49.5 Å². The van der Waals surface area contributed by atoms with Crippen LogP contribution in [0.2, 0.25) is 0 Å². The van der Waals surface area contributed by atoms with Crippen molar-refractivity contribution in [2.45, 2.75) is 19.0 Å². The summed E-state index contributed by atoms with van der Waals surface area (Å²) < 4.78 is 38.8. The van der Waals surface area contributed by atoms with Crippen LogP contribution in [0.4, 0.5) is 13.2 Å². The lowest BCUT2D eigenvalue weighted by Gasteiger charge is -2.26. The number of benzene rings is 2. The molecule has 0 bridgehead atoms. The van der Waals surface area contributed by atoms with Crippen LogP contribution in [0.3, 0.4) is 0 Å². The van der Waals surface area contributed by atoms with Gasteiger partial charge in [0, 0.05) is 37.4 Å². The molecule has 0 radical (unpaired) electrons. The third-order valence-corrected chi connectivity index (χ3v) is 5.28. The van der Waals surface area contributed by atoms with Crippen LogP contribution in [-0.2, 0) is 12.6 Å². The maximum Gasteiger partial charge on any atom is 0.416 e. The molecule has 28 heavy (non-hydrogen) atoms. The quantitative estimate of drug-likeness (QED) is 0.585. The highest BCUT2D eigenvalue weighted by Gasteiger charge is 2.30. The molecule has 0 atom stereocenters. The van der Waals surface area contributed by atoms with Crippen molar-refractivity contribution in [3.05, 3.63) is 83.7 Å². The van der Waals surface area contributed by atoms with Gasteiger partial charge in [-0.3, -0.25) is 9.88 Å². The minimum Gasteiger partial charge on any atom is -0.299 e. The van der Waals surface area contributed by atoms with Gasteiger partial charge in [0.15, 0.2) is 0 Å². The molecule has 0 saturated carbocycles. The van der Waals surface area contributed by atoms with Crippen molar-refractivity contribution < 1.29 is 13.2 Å². The summed E-state index contributed by atoms with van der Waals surface area (Å²) in [5.41, 5.74) is 2.36. The van der Waals surface area contributed by atoms with Crippen molar-refractivity contribution in [3.63, 3.8) is 0 Å². The Bertz CT molecular complexity index is 1010. The Labute approximate surface area is 162 Å². The Kier molecular flexibility index (Phi) is 5.18. The van der Waals surface area contributed by atoms with E-state index in [1.807, 2.05) is 12.3 Å². The van der Waals surface area contributed by atoms with Crippen LogP contribution in [0.1, 0.15) is 23.1 Å². The molecule has 0 saturated heterocycles. The van der Waals surface area contributed by atoms with Gasteiger partial charge in [-0.15, -0.1) is 0 Å². The van der Waals surface area contributed by atoms with Gasteiger partial charge in [0.1, 0.15) is 0 Å². The van der Waals surface area contributed by atoms with Gasteiger partial charge in [-0.05, 0) is 59.2 Å². The molecule has 2 heterocycles. The van der Waals surface area contributed by atoms with Crippen molar-refractivity contribution in [2.75, 3.05) is 19.6 Å². The molecule has 0 spiro atoms. The fourth-order valence-electron chi connectivity index (χ4n) is 3.65. The maximum absolute atomic E-state index is 12.9. The van der Waals surface area contributed by atoms with Gasteiger partial charge >= 0.3 is 6.18 Å². The molecular formula is C23H21F3N2. The topological polar surface area (TPSA) is 16.1 Å². The van der Waals surface area contributed by atoms with Gasteiger partial charge in [-0.25, -0.2) is 0 Å². The maximum atomic E-state index is 12.9. The third kappa shape index (κ3) is 4.25. The van der Waals surface area contributed by atoms with Gasteiger partial charge in [0.25, 0.3) is 0 Å². The minimum atomic E-state index is -4.30. The highest BCUT2D eigenvalue weighted by molar-refractivity contribution is 5.82. The number of nitrogens with zero attached hydrogens (tertiary/aromatic N) is 2. The van der Waals surface area contributed by atoms with E-state index in [9.17, 15) is 13.2 Å². The first-order valence-electron chi connectivity index (χ1n) is 9.41. The highest BCUT2D eigenvalue weighted by Crippen LogP contribution is 2.32. The summed E-state index contributed by atoms with van der Waals surface area (Å²) in [7, 11) is 0. The second-order valence-electron chi connectivity index (χ2n) is 7.17. The molecule has 0 unspecified atom stereocenters. The van der Waals surface area contributed by atoms with E-state index in [0.29, 0.717) is 5.56 Å². The summed E-state index contributed by atoms with van der Waals surface area (Å²) in [6.07, 6.45) is 3.14. The minimum absolute atomic E-state index is 0.584. The Morgan fingerprint density at radius 1 is 1.00 bits per heavy atom. The van der Waals surface area contributed by atoms with E-state index in [1.165, 1.54) is 23.1 Å². The Balaban J connectivity index is 1.38. The van der Waals surface area contributed by atoms with Crippen LogP contribution in [0.25, 0.3) is 16.3 Å². The average Bonchev–Trinajstić information content (AvgIpc) is 2.72. The molecule has 4 rings (SSSR count). The fraction of sp³-hybridized carbons (Fsp3) is 0.261. The molecular weight excluding hydrogens is 361 g/mol. The summed E-state index contributed by atoms with van der Waals surface area (Å²) in [4.78, 5) is 6.51. The van der Waals surface area contributed by atoms with Gasteiger partial charge in [-0.2, -0.15) is 13.2 Å². The normalized spacial score (nSPS) is 15.6. The molecule has 1 aliphatic heterocycles. The van der Waals surface area contributed by atoms with E-state index in [1.54, 1.807) is 12.3 Å². The number of rotatable bonds is 4. The molecule has 0 N–H and O–H groups in total. The number of hydrogen-bond acceptors (Lipinski definition) is 2. The summed E-state index contributed by atoms with van der Waals surface area (Å²) >= 11 is 0. The zero-order valence-corrected chi connectivity index (χ0v) is 15.4. The average molecular weight is 382 g/mol. The van der Waals surface area contributed by atoms with Gasteiger partial charge in [0.05, 0.1) is 5.56 Å². The molecule has 2 aromatic carbocycles. The lowest BCUT2D eigenvalue weighted by atomic mass is 9.97. The molecule has 0 amide bonds. The van der Waals surface area contributed by atoms with Crippen molar-refractivity contribution in [1.29, 1.82) is 0 Å². The Morgan fingerprint density at radius 2 is 1.89 bits per heavy atom. The van der Waals surface area contributed by atoms with E-state index in [2.05, 4.69) is 34.2 Å². The fourth-order valence-corrected chi connectivity index (χ4v) is 3.65. The standard InChI is InChI=1S/C23H21F3N2/c24-23(25,26)22-3-1-2-20(15-22)19-8-12-28(13-9-19)11-7-17-4-5-18-6-10-27-16-21(18)14-17/h1-6,8,10,14-16H,7,9,11-13H2. The zero-order chi connectivity index (χ0) is 19.6. The lowest BCUT2D eigenvalue weighted by molar-refractivity contribution is -0.137. The lowest BCUT2D eigenvalue weighted by Crippen LogP contribution is -2.30. The molecule has 5 heteroatoms. The van der Waals surface area contributed by atoms with Crippen LogP contribution in [0, 0.1) is 0 Å². The second-order valence-corrected chi connectivity index (χ2v) is 7.17. The van der Waals surface area contributed by atoms with Crippen molar-refractivity contribution in [1.82, 2.24) is 9.88 Å². The summed E-state index contributed by atoms with van der Waals surface area (Å²) in [6, 6.07) is 14.1. The van der Waals surface area contributed by atoms with Crippen LogP contribution in [0.15, 0.2) is 67.0 Å². The van der Waals surface area contributed by atoms with Gasteiger partial charge < -0.3 is 0 Å². The summed E-state index contributed by atoms with van der Waals surface area (Å²) in [6.45, 7) is 2.55. The number of halogens is 3. The van der Waals surface area contributed by atoms with Gasteiger partial charge in [0.2, 0.25) is 0 Å². The number of alkyl halides is 3. The van der Waals surface area contributed by atoms with Crippen LogP contribution < -0.4 is 0 Å². The predicted molar refractivity (Wildman–Crippen MR) is 106 cm³/mol. The largest absolute Gasteiger partial charge is 0.416 e. The van der Waals surface area contributed by atoms with E-state index in [4.69, 9.17) is 0 Å². The van der Waals surface area contributed by atoms with E-state index < -0.39 is 11.7 Å². The third-order valence-electron chi connectivity index (χ3n) is 5.28. The summed E-state index contributed by atoms with van der Waals surface area (Å²) in [5.74, 6) is 0. The van der Waals surface area contributed by atoms with Crippen LogP contribution in [-0.4, -0.2) is 29.5 Å². The highest BCUT2D eigenvalue weighted by atomic mass is 19.4. The predicted octanol–water partition coefficient (Wildman–Crippen LogP) is 5.59. The molecule has 2 nitrogen and oxygen atoms in total. The van der Waals surface area contributed by atoms with Crippen molar-refractivity contribution in [3.8, 4) is 0 Å². The zero-order valence-electron chi connectivity index (χ0n) is 15.4. The first-order chi connectivity index (χ1) is 13.5. The molecule has 1 aromatic heterocycles. The van der Waals surface area contributed by atoms with Crippen LogP contribution in [0.5, 0.6) is 0 Å². The van der Waals surface area contributed by atoms with E-state index in [-0.39, 0.29) is 0 Å². The number of aromatic nitrogens is 1. The van der Waals surface area contributed by atoms with E-state index >= 15 is 0 Å². The Morgan fingerprint density at radius 3 is 2.68 bits per heavy atom. The first-order valence-corrected chi connectivity index (χ1v) is 9.41. The van der Waals surface area contributed by atoms with Crippen molar-refractivity contribution in [2.24, 2.45) is 0 Å². The smallest absolute Gasteiger partial charge is 0.299 e. The van der Waals surface area contributed by atoms with Crippen molar-refractivity contribution >= 4 is 16.3 Å². The SMILES string of the molecule is FC(F)(F)c1cccc(C2=CCN(CCc3ccc4ccncc4c3)CC2)c1.